The molecule has 0 aliphatic carbocycles. The van der Waals surface area contributed by atoms with Gasteiger partial charge in [-0.15, -0.1) is 0 Å². The SMILES string of the molecule is OC/C=C/CCCCCC/C=C/CO. The summed E-state index contributed by atoms with van der Waals surface area (Å²) in [4.78, 5) is 0. The molecule has 2 nitrogen and oxygen atoms in total. The molecule has 0 amide bonds. The van der Waals surface area contributed by atoms with Gasteiger partial charge in [0.1, 0.15) is 0 Å². The molecule has 0 spiro atoms. The Morgan fingerprint density at radius 2 is 1.00 bits per heavy atom. The molecule has 2 heteroatoms. The second-order valence-electron chi connectivity index (χ2n) is 3.30. The summed E-state index contributed by atoms with van der Waals surface area (Å²) in [5.41, 5.74) is 0. The van der Waals surface area contributed by atoms with Crippen molar-refractivity contribution in [2.75, 3.05) is 13.2 Å². The first-order chi connectivity index (χ1) is 6.91. The van der Waals surface area contributed by atoms with Crippen molar-refractivity contribution in [3.05, 3.63) is 24.3 Å². The fourth-order valence-electron chi connectivity index (χ4n) is 1.26. The molecule has 0 heterocycles. The second-order valence-corrected chi connectivity index (χ2v) is 3.30. The van der Waals surface area contributed by atoms with Crippen molar-refractivity contribution in [1.29, 1.82) is 0 Å². The second kappa shape index (κ2) is 12.4. The summed E-state index contributed by atoms with van der Waals surface area (Å²) in [6.07, 6.45) is 14.7. The van der Waals surface area contributed by atoms with Gasteiger partial charge in [0.2, 0.25) is 0 Å². The summed E-state index contributed by atoms with van der Waals surface area (Å²) in [5.74, 6) is 0. The van der Waals surface area contributed by atoms with Crippen LogP contribution < -0.4 is 0 Å². The molecular weight excluding hydrogens is 176 g/mol. The van der Waals surface area contributed by atoms with Gasteiger partial charge in [-0.1, -0.05) is 37.1 Å². The van der Waals surface area contributed by atoms with Crippen molar-refractivity contribution in [2.24, 2.45) is 0 Å². The van der Waals surface area contributed by atoms with Gasteiger partial charge in [-0.25, -0.2) is 0 Å². The molecule has 0 saturated heterocycles. The van der Waals surface area contributed by atoms with Crippen molar-refractivity contribution in [2.45, 2.75) is 38.5 Å². The fraction of sp³-hybridized carbons (Fsp3) is 0.667. The summed E-state index contributed by atoms with van der Waals surface area (Å²) < 4.78 is 0. The quantitative estimate of drug-likeness (QED) is 0.441. The molecule has 0 saturated carbocycles. The molecule has 14 heavy (non-hydrogen) atoms. The van der Waals surface area contributed by atoms with Crippen LogP contribution in [0.3, 0.4) is 0 Å². The van der Waals surface area contributed by atoms with E-state index in [-0.39, 0.29) is 13.2 Å². The van der Waals surface area contributed by atoms with Crippen LogP contribution in [-0.4, -0.2) is 23.4 Å². The number of rotatable bonds is 9. The Hall–Kier alpha value is -0.600. The molecule has 0 aliphatic heterocycles. The van der Waals surface area contributed by atoms with Gasteiger partial charge in [0.05, 0.1) is 13.2 Å². The van der Waals surface area contributed by atoms with E-state index in [4.69, 9.17) is 10.2 Å². The van der Waals surface area contributed by atoms with Crippen LogP contribution in [0.1, 0.15) is 38.5 Å². The van der Waals surface area contributed by atoms with Gasteiger partial charge in [0.25, 0.3) is 0 Å². The largest absolute Gasteiger partial charge is 0.392 e. The van der Waals surface area contributed by atoms with Crippen molar-refractivity contribution in [3.8, 4) is 0 Å². The predicted octanol–water partition coefficient (Wildman–Crippen LogP) is 2.42. The van der Waals surface area contributed by atoms with E-state index in [0.717, 1.165) is 12.8 Å². The van der Waals surface area contributed by atoms with Crippen molar-refractivity contribution in [3.63, 3.8) is 0 Å². The number of hydrogen-bond donors (Lipinski definition) is 2. The van der Waals surface area contributed by atoms with Crippen LogP contribution in [0.25, 0.3) is 0 Å². The van der Waals surface area contributed by atoms with Crippen molar-refractivity contribution in [1.82, 2.24) is 0 Å². The molecular formula is C12H22O2. The number of aliphatic hydroxyl groups is 2. The van der Waals surface area contributed by atoms with E-state index in [9.17, 15) is 0 Å². The van der Waals surface area contributed by atoms with E-state index in [1.807, 2.05) is 12.2 Å². The van der Waals surface area contributed by atoms with Gasteiger partial charge >= 0.3 is 0 Å². The lowest BCUT2D eigenvalue weighted by Crippen LogP contribution is -1.78. The average molecular weight is 198 g/mol. The molecule has 0 atom stereocenters. The minimum Gasteiger partial charge on any atom is -0.392 e. The topological polar surface area (TPSA) is 40.5 Å². The standard InChI is InChI=1S/C12H22O2/c13-11-9-7-5-3-1-2-4-6-8-10-12-14/h7-10,13-14H,1-6,11-12H2/b9-7+,10-8+. The maximum atomic E-state index is 8.47. The van der Waals surface area contributed by atoms with E-state index in [0.29, 0.717) is 0 Å². The molecule has 0 aromatic rings. The Bertz CT molecular complexity index is 132. The minimum absolute atomic E-state index is 0.159. The van der Waals surface area contributed by atoms with Crippen LogP contribution in [0.5, 0.6) is 0 Å². The molecule has 0 radical (unpaired) electrons. The lowest BCUT2D eigenvalue weighted by molar-refractivity contribution is 0.342. The van der Waals surface area contributed by atoms with E-state index in [2.05, 4.69) is 0 Å². The lowest BCUT2D eigenvalue weighted by Gasteiger charge is -1.96. The van der Waals surface area contributed by atoms with Gasteiger partial charge in [0.15, 0.2) is 0 Å². The number of hydrogen-bond acceptors (Lipinski definition) is 2. The van der Waals surface area contributed by atoms with E-state index >= 15 is 0 Å². The van der Waals surface area contributed by atoms with Crippen LogP contribution >= 0.6 is 0 Å². The third-order valence-electron chi connectivity index (χ3n) is 2.04. The first-order valence-corrected chi connectivity index (χ1v) is 5.43. The molecule has 0 aromatic heterocycles. The number of aliphatic hydroxyl groups excluding tert-OH is 2. The molecule has 2 N–H and O–H groups in total. The molecule has 0 aromatic carbocycles. The van der Waals surface area contributed by atoms with Crippen LogP contribution in [0.15, 0.2) is 24.3 Å². The smallest absolute Gasteiger partial charge is 0.0612 e. The van der Waals surface area contributed by atoms with Gasteiger partial charge in [-0.2, -0.15) is 0 Å². The fourth-order valence-corrected chi connectivity index (χ4v) is 1.26. The van der Waals surface area contributed by atoms with Gasteiger partial charge in [-0.3, -0.25) is 0 Å². The summed E-state index contributed by atoms with van der Waals surface area (Å²) in [7, 11) is 0. The Balaban J connectivity index is 2.99. The molecule has 0 fully saturated rings. The zero-order valence-electron chi connectivity index (χ0n) is 8.86. The van der Waals surface area contributed by atoms with Crippen LogP contribution in [0, 0.1) is 0 Å². The molecule has 82 valence electrons. The Morgan fingerprint density at radius 1 is 0.571 bits per heavy atom. The molecule has 0 rings (SSSR count). The van der Waals surface area contributed by atoms with E-state index < -0.39 is 0 Å². The monoisotopic (exact) mass is 198 g/mol. The van der Waals surface area contributed by atoms with Crippen molar-refractivity contribution < 1.29 is 10.2 Å². The molecule has 0 unspecified atom stereocenters. The third-order valence-corrected chi connectivity index (χ3v) is 2.04. The molecule has 0 bridgehead atoms. The van der Waals surface area contributed by atoms with Crippen LogP contribution in [0.2, 0.25) is 0 Å². The Labute approximate surface area is 87.0 Å². The number of allylic oxidation sites excluding steroid dienone is 2. The normalized spacial score (nSPS) is 11.9. The van der Waals surface area contributed by atoms with Crippen molar-refractivity contribution >= 4 is 0 Å². The zero-order chi connectivity index (χ0) is 10.5. The maximum absolute atomic E-state index is 8.47. The first-order valence-electron chi connectivity index (χ1n) is 5.43. The van der Waals surface area contributed by atoms with Crippen LogP contribution in [-0.2, 0) is 0 Å². The highest BCUT2D eigenvalue weighted by atomic mass is 16.3. The zero-order valence-corrected chi connectivity index (χ0v) is 8.86. The summed E-state index contributed by atoms with van der Waals surface area (Å²) in [6.45, 7) is 0.317. The van der Waals surface area contributed by atoms with Crippen LogP contribution in [0.4, 0.5) is 0 Å². The third kappa shape index (κ3) is 11.4. The van der Waals surface area contributed by atoms with E-state index in [1.165, 1.54) is 25.7 Å². The Morgan fingerprint density at radius 3 is 1.36 bits per heavy atom. The van der Waals surface area contributed by atoms with Gasteiger partial charge in [0, 0.05) is 0 Å². The van der Waals surface area contributed by atoms with Gasteiger partial charge in [-0.05, 0) is 25.7 Å². The summed E-state index contributed by atoms with van der Waals surface area (Å²) in [6, 6.07) is 0. The lowest BCUT2D eigenvalue weighted by atomic mass is 10.1. The minimum atomic E-state index is 0.159. The average Bonchev–Trinajstić information content (AvgIpc) is 2.21. The predicted molar refractivity (Wildman–Crippen MR) is 60.2 cm³/mol. The highest BCUT2D eigenvalue weighted by Gasteiger charge is 1.87. The maximum Gasteiger partial charge on any atom is 0.0612 e. The van der Waals surface area contributed by atoms with E-state index in [1.54, 1.807) is 12.2 Å². The highest BCUT2D eigenvalue weighted by Crippen LogP contribution is 2.06. The highest BCUT2D eigenvalue weighted by molar-refractivity contribution is 4.81. The summed E-state index contributed by atoms with van der Waals surface area (Å²) >= 11 is 0. The first kappa shape index (κ1) is 13.4. The Kier molecular flexibility index (Phi) is 11.9. The van der Waals surface area contributed by atoms with Gasteiger partial charge < -0.3 is 10.2 Å². The molecule has 0 aliphatic rings. The number of unbranched alkanes of at least 4 members (excludes halogenated alkanes) is 5. The summed E-state index contributed by atoms with van der Waals surface area (Å²) in [5, 5.41) is 16.9.